The topological polar surface area (TPSA) is 18.5 Å². The Morgan fingerprint density at radius 3 is 2.67 bits per heavy atom. The van der Waals surface area contributed by atoms with Gasteiger partial charge < -0.3 is 9.47 Å². The molecule has 0 aromatic heterocycles. The fraction of sp³-hybridized carbons (Fsp3) is 0.556. The highest BCUT2D eigenvalue weighted by atomic mass is 35.5. The van der Waals surface area contributed by atoms with Crippen molar-refractivity contribution < 1.29 is 9.47 Å². The lowest BCUT2D eigenvalue weighted by Gasteiger charge is -1.91. The van der Waals surface area contributed by atoms with Gasteiger partial charge in [-0.3, -0.25) is 0 Å². The Labute approximate surface area is 78.5 Å². The summed E-state index contributed by atoms with van der Waals surface area (Å²) in [5.41, 5.74) is 0. The lowest BCUT2D eigenvalue weighted by atomic mass is 10.5. The minimum Gasteiger partial charge on any atom is -0.372 e. The Bertz CT molecular complexity index is 167. The summed E-state index contributed by atoms with van der Waals surface area (Å²) in [5.74, 6) is 6.10. The number of hydrogen-bond acceptors (Lipinski definition) is 2. The van der Waals surface area contributed by atoms with Crippen LogP contribution in [0.4, 0.5) is 0 Å². The molecule has 0 saturated carbocycles. The van der Waals surface area contributed by atoms with Crippen LogP contribution in [0, 0.1) is 11.8 Å². The molecule has 0 radical (unpaired) electrons. The minimum atomic E-state index is 0.440. The summed E-state index contributed by atoms with van der Waals surface area (Å²) in [6.45, 7) is 1.46. The summed E-state index contributed by atoms with van der Waals surface area (Å²) in [7, 11) is 1.61. The Kier molecular flexibility index (Phi) is 10.1. The predicted octanol–water partition coefficient (Wildman–Crippen LogP) is 1.45. The molecule has 0 aromatic carbocycles. The van der Waals surface area contributed by atoms with Crippen molar-refractivity contribution in [3.05, 3.63) is 12.2 Å². The Morgan fingerprint density at radius 1 is 1.25 bits per heavy atom. The zero-order valence-corrected chi connectivity index (χ0v) is 7.93. The van der Waals surface area contributed by atoms with E-state index in [2.05, 4.69) is 11.8 Å². The van der Waals surface area contributed by atoms with Crippen molar-refractivity contribution in [2.24, 2.45) is 0 Å². The lowest BCUT2D eigenvalue weighted by Crippen LogP contribution is -1.91. The smallest absolute Gasteiger partial charge is 0.108 e. The molecule has 0 aliphatic rings. The second-order valence-corrected chi connectivity index (χ2v) is 2.24. The molecule has 0 saturated heterocycles. The fourth-order valence-corrected chi connectivity index (χ4v) is 0.609. The Morgan fingerprint density at radius 2 is 2.00 bits per heavy atom. The molecule has 68 valence electrons. The van der Waals surface area contributed by atoms with Gasteiger partial charge in [0.1, 0.15) is 13.2 Å². The summed E-state index contributed by atoms with van der Waals surface area (Å²) >= 11 is 5.40. The number of alkyl halides is 1. The van der Waals surface area contributed by atoms with Crippen LogP contribution in [-0.2, 0) is 9.47 Å². The molecule has 0 aliphatic carbocycles. The number of methoxy groups -OCH3 is 1. The second kappa shape index (κ2) is 10.5. The number of hydrogen-bond donors (Lipinski definition) is 0. The van der Waals surface area contributed by atoms with Gasteiger partial charge in [-0.15, -0.1) is 11.6 Å². The molecule has 0 heterocycles. The molecule has 0 atom stereocenters. The van der Waals surface area contributed by atoms with Gasteiger partial charge in [0.15, 0.2) is 0 Å². The maximum absolute atomic E-state index is 5.40. The second-order valence-electron chi connectivity index (χ2n) is 1.93. The van der Waals surface area contributed by atoms with E-state index in [4.69, 9.17) is 21.1 Å². The number of rotatable bonds is 5. The summed E-state index contributed by atoms with van der Waals surface area (Å²) in [6, 6.07) is 0. The van der Waals surface area contributed by atoms with Crippen LogP contribution in [0.2, 0.25) is 0 Å². The van der Waals surface area contributed by atoms with E-state index in [1.54, 1.807) is 7.11 Å². The molecule has 2 nitrogen and oxygen atoms in total. The van der Waals surface area contributed by atoms with E-state index in [1.807, 2.05) is 12.2 Å². The van der Waals surface area contributed by atoms with Gasteiger partial charge in [-0.05, 0) is 0 Å². The molecule has 12 heavy (non-hydrogen) atoms. The highest BCUT2D eigenvalue weighted by Crippen LogP contribution is 1.80. The van der Waals surface area contributed by atoms with Crippen molar-refractivity contribution in [3.8, 4) is 11.8 Å². The van der Waals surface area contributed by atoms with E-state index in [0.29, 0.717) is 25.7 Å². The van der Waals surface area contributed by atoms with Crippen LogP contribution in [0.3, 0.4) is 0 Å². The first-order valence-electron chi connectivity index (χ1n) is 3.65. The van der Waals surface area contributed by atoms with E-state index in [-0.39, 0.29) is 0 Å². The quantitative estimate of drug-likeness (QED) is 0.282. The zero-order chi connectivity index (χ0) is 9.07. The van der Waals surface area contributed by atoms with Crippen LogP contribution in [-0.4, -0.2) is 32.8 Å². The molecule has 3 heteroatoms. The normalized spacial score (nSPS) is 9.83. The first-order chi connectivity index (χ1) is 5.91. The molecule has 0 unspecified atom stereocenters. The minimum absolute atomic E-state index is 0.440. The first kappa shape index (κ1) is 11.5. The largest absolute Gasteiger partial charge is 0.372 e. The first-order valence-corrected chi connectivity index (χ1v) is 4.18. The standard InChI is InChI=1S/C9H13ClO2/c1-11-7-4-5-9-12-8-3-2-6-10/h2-3H,6-9H2,1H3/b3-2-. The van der Waals surface area contributed by atoms with E-state index in [9.17, 15) is 0 Å². The highest BCUT2D eigenvalue weighted by molar-refractivity contribution is 6.18. The number of halogens is 1. The molecule has 0 N–H and O–H groups in total. The van der Waals surface area contributed by atoms with Crippen LogP contribution in [0.15, 0.2) is 12.2 Å². The van der Waals surface area contributed by atoms with Crippen molar-refractivity contribution in [1.29, 1.82) is 0 Å². The van der Waals surface area contributed by atoms with Gasteiger partial charge in [0.25, 0.3) is 0 Å². The average Bonchev–Trinajstić information content (AvgIpc) is 2.10. The summed E-state index contributed by atoms with van der Waals surface area (Å²) in [5, 5.41) is 0. The molecule has 0 aliphatic heterocycles. The summed E-state index contributed by atoms with van der Waals surface area (Å²) < 4.78 is 9.83. The maximum atomic E-state index is 5.40. The third kappa shape index (κ3) is 9.51. The van der Waals surface area contributed by atoms with E-state index >= 15 is 0 Å². The van der Waals surface area contributed by atoms with Gasteiger partial charge in [-0.25, -0.2) is 0 Å². The van der Waals surface area contributed by atoms with Crippen LogP contribution < -0.4 is 0 Å². The van der Waals surface area contributed by atoms with Crippen molar-refractivity contribution in [2.75, 3.05) is 32.8 Å². The Balaban J connectivity index is 3.11. The summed E-state index contributed by atoms with van der Waals surface area (Å²) in [6.07, 6.45) is 3.70. The molecular formula is C9H13ClO2. The SMILES string of the molecule is COCC#CCOC/C=C\CCl. The highest BCUT2D eigenvalue weighted by Gasteiger charge is 1.77. The summed E-state index contributed by atoms with van der Waals surface area (Å²) in [4.78, 5) is 0. The lowest BCUT2D eigenvalue weighted by molar-refractivity contribution is 0.198. The molecule has 0 fully saturated rings. The molecule has 0 rings (SSSR count). The van der Waals surface area contributed by atoms with Crippen molar-refractivity contribution in [2.45, 2.75) is 0 Å². The molecule has 0 bridgehead atoms. The van der Waals surface area contributed by atoms with Gasteiger partial charge in [-0.2, -0.15) is 0 Å². The van der Waals surface area contributed by atoms with E-state index in [0.717, 1.165) is 0 Å². The predicted molar refractivity (Wildman–Crippen MR) is 50.3 cm³/mol. The van der Waals surface area contributed by atoms with Crippen LogP contribution in [0.25, 0.3) is 0 Å². The Hall–Kier alpha value is -0.490. The number of ether oxygens (including phenoxy) is 2. The van der Waals surface area contributed by atoms with Crippen molar-refractivity contribution in [1.82, 2.24) is 0 Å². The monoisotopic (exact) mass is 188 g/mol. The van der Waals surface area contributed by atoms with Gasteiger partial charge in [-0.1, -0.05) is 24.0 Å². The van der Waals surface area contributed by atoms with Gasteiger partial charge in [0, 0.05) is 13.0 Å². The van der Waals surface area contributed by atoms with E-state index in [1.165, 1.54) is 0 Å². The fourth-order valence-electron chi connectivity index (χ4n) is 0.483. The number of allylic oxidation sites excluding steroid dienone is 1. The third-order valence-electron chi connectivity index (χ3n) is 0.986. The van der Waals surface area contributed by atoms with Crippen LogP contribution in [0.5, 0.6) is 0 Å². The molecule has 0 aromatic rings. The van der Waals surface area contributed by atoms with Gasteiger partial charge in [0.05, 0.1) is 6.61 Å². The van der Waals surface area contributed by atoms with Gasteiger partial charge in [0.2, 0.25) is 0 Å². The maximum Gasteiger partial charge on any atom is 0.108 e. The van der Waals surface area contributed by atoms with Crippen LogP contribution in [0.1, 0.15) is 0 Å². The molecular weight excluding hydrogens is 176 g/mol. The van der Waals surface area contributed by atoms with Crippen molar-refractivity contribution in [3.63, 3.8) is 0 Å². The third-order valence-corrected chi connectivity index (χ3v) is 1.16. The molecule has 0 amide bonds. The average molecular weight is 189 g/mol. The van der Waals surface area contributed by atoms with Gasteiger partial charge >= 0.3 is 0 Å². The van der Waals surface area contributed by atoms with Crippen molar-refractivity contribution >= 4 is 11.6 Å². The zero-order valence-electron chi connectivity index (χ0n) is 7.18. The van der Waals surface area contributed by atoms with Crippen LogP contribution >= 0.6 is 11.6 Å². The molecule has 0 spiro atoms. The van der Waals surface area contributed by atoms with E-state index < -0.39 is 0 Å².